The SMILES string of the molecule is CCOC(=O)[C@H](CNC(=O)c1ccccc1-c1ccc(C)cc1)[C@H](O)c1ccccc1. The van der Waals surface area contributed by atoms with Crippen molar-refractivity contribution < 1.29 is 19.4 Å². The molecule has 2 N–H and O–H groups in total. The van der Waals surface area contributed by atoms with Crippen molar-refractivity contribution in [3.63, 3.8) is 0 Å². The molecule has 1 amide bonds. The third kappa shape index (κ3) is 5.58. The summed E-state index contributed by atoms with van der Waals surface area (Å²) in [5.74, 6) is -1.78. The minimum absolute atomic E-state index is 0.0457. The number of carbonyl (C=O) groups excluding carboxylic acids is 2. The first-order valence-electron chi connectivity index (χ1n) is 10.3. The Hall–Kier alpha value is -3.44. The minimum atomic E-state index is -1.09. The van der Waals surface area contributed by atoms with E-state index in [1.165, 1.54) is 0 Å². The first-order valence-corrected chi connectivity index (χ1v) is 10.3. The number of aliphatic hydroxyl groups is 1. The predicted molar refractivity (Wildman–Crippen MR) is 120 cm³/mol. The maximum absolute atomic E-state index is 13.0. The van der Waals surface area contributed by atoms with Gasteiger partial charge >= 0.3 is 5.97 Å². The van der Waals surface area contributed by atoms with Crippen molar-refractivity contribution in [3.8, 4) is 11.1 Å². The summed E-state index contributed by atoms with van der Waals surface area (Å²) in [7, 11) is 0. The van der Waals surface area contributed by atoms with Crippen LogP contribution < -0.4 is 5.32 Å². The molecule has 0 radical (unpaired) electrons. The predicted octanol–water partition coefficient (Wildman–Crippen LogP) is 4.30. The summed E-state index contributed by atoms with van der Waals surface area (Å²) in [6.45, 7) is 3.87. The van der Waals surface area contributed by atoms with Crippen molar-refractivity contribution in [3.05, 3.63) is 95.6 Å². The highest BCUT2D eigenvalue weighted by atomic mass is 16.5. The number of aryl methyl sites for hydroxylation is 1. The van der Waals surface area contributed by atoms with E-state index in [1.54, 1.807) is 43.3 Å². The second kappa shape index (κ2) is 10.5. The lowest BCUT2D eigenvalue weighted by Gasteiger charge is -2.22. The largest absolute Gasteiger partial charge is 0.466 e. The van der Waals surface area contributed by atoms with Crippen molar-refractivity contribution in [2.75, 3.05) is 13.2 Å². The first kappa shape index (κ1) is 22.2. The Morgan fingerprint density at radius 3 is 2.26 bits per heavy atom. The molecule has 5 heteroatoms. The first-order chi connectivity index (χ1) is 15.0. The molecule has 0 aromatic heterocycles. The Labute approximate surface area is 182 Å². The Morgan fingerprint density at radius 1 is 0.935 bits per heavy atom. The number of benzene rings is 3. The highest BCUT2D eigenvalue weighted by Gasteiger charge is 2.30. The van der Waals surface area contributed by atoms with Crippen molar-refractivity contribution in [1.82, 2.24) is 5.32 Å². The van der Waals surface area contributed by atoms with Gasteiger partial charge in [-0.3, -0.25) is 9.59 Å². The summed E-state index contributed by atoms with van der Waals surface area (Å²) in [4.78, 5) is 25.5. The van der Waals surface area contributed by atoms with Crippen LogP contribution in [0.25, 0.3) is 11.1 Å². The molecule has 5 nitrogen and oxygen atoms in total. The molecule has 31 heavy (non-hydrogen) atoms. The molecule has 3 aromatic carbocycles. The molecule has 0 heterocycles. The van der Waals surface area contributed by atoms with Gasteiger partial charge in [-0.25, -0.2) is 0 Å². The second-order valence-electron chi connectivity index (χ2n) is 7.34. The van der Waals surface area contributed by atoms with Crippen molar-refractivity contribution in [1.29, 1.82) is 0 Å². The van der Waals surface area contributed by atoms with Crippen LogP contribution in [-0.4, -0.2) is 30.1 Å². The van der Waals surface area contributed by atoms with E-state index < -0.39 is 18.0 Å². The summed E-state index contributed by atoms with van der Waals surface area (Å²) in [5, 5.41) is 13.6. The highest BCUT2D eigenvalue weighted by Crippen LogP contribution is 2.25. The number of esters is 1. The van der Waals surface area contributed by atoms with Crippen LogP contribution in [-0.2, 0) is 9.53 Å². The van der Waals surface area contributed by atoms with E-state index in [0.717, 1.165) is 16.7 Å². The fourth-order valence-electron chi connectivity index (χ4n) is 3.42. The molecule has 0 fully saturated rings. The number of aliphatic hydroxyl groups excluding tert-OH is 1. The van der Waals surface area contributed by atoms with E-state index >= 15 is 0 Å². The summed E-state index contributed by atoms with van der Waals surface area (Å²) in [6, 6.07) is 24.2. The van der Waals surface area contributed by atoms with Crippen molar-refractivity contribution in [2.45, 2.75) is 20.0 Å². The van der Waals surface area contributed by atoms with Gasteiger partial charge in [0.15, 0.2) is 0 Å². The van der Waals surface area contributed by atoms with Crippen LogP contribution in [0, 0.1) is 12.8 Å². The van der Waals surface area contributed by atoms with E-state index in [9.17, 15) is 14.7 Å². The van der Waals surface area contributed by atoms with Gasteiger partial charge < -0.3 is 15.2 Å². The van der Waals surface area contributed by atoms with Gasteiger partial charge in [0.1, 0.15) is 5.92 Å². The van der Waals surface area contributed by atoms with E-state index in [-0.39, 0.29) is 19.1 Å². The fourth-order valence-corrected chi connectivity index (χ4v) is 3.42. The molecule has 0 aliphatic rings. The topological polar surface area (TPSA) is 75.6 Å². The molecule has 0 spiro atoms. The van der Waals surface area contributed by atoms with E-state index in [2.05, 4.69) is 5.32 Å². The molecule has 160 valence electrons. The monoisotopic (exact) mass is 417 g/mol. The molecule has 0 saturated heterocycles. The molecule has 0 aliphatic carbocycles. The van der Waals surface area contributed by atoms with Gasteiger partial charge in [0.05, 0.1) is 12.7 Å². The Balaban J connectivity index is 1.80. The lowest BCUT2D eigenvalue weighted by atomic mass is 9.95. The molecule has 0 bridgehead atoms. The van der Waals surface area contributed by atoms with Gasteiger partial charge in [-0.15, -0.1) is 0 Å². The summed E-state index contributed by atoms with van der Waals surface area (Å²) in [5.41, 5.74) is 3.97. The van der Waals surface area contributed by atoms with Gasteiger partial charge in [0, 0.05) is 12.1 Å². The quantitative estimate of drug-likeness (QED) is 0.536. The second-order valence-corrected chi connectivity index (χ2v) is 7.34. The molecule has 3 aromatic rings. The van der Waals surface area contributed by atoms with Crippen LogP contribution in [0.3, 0.4) is 0 Å². The van der Waals surface area contributed by atoms with Gasteiger partial charge in [-0.05, 0) is 36.6 Å². The summed E-state index contributed by atoms with van der Waals surface area (Å²) < 4.78 is 5.14. The number of nitrogens with one attached hydrogen (secondary N) is 1. The molecule has 0 unspecified atom stereocenters. The van der Waals surface area contributed by atoms with E-state index in [1.807, 2.05) is 49.4 Å². The van der Waals surface area contributed by atoms with Gasteiger partial charge in [-0.1, -0.05) is 78.4 Å². The number of rotatable bonds is 8. The van der Waals surface area contributed by atoms with E-state index in [0.29, 0.717) is 11.1 Å². The molecular formula is C26H27NO4. The normalized spacial score (nSPS) is 12.6. The fraction of sp³-hybridized carbons (Fsp3) is 0.231. The standard InChI is InChI=1S/C26H27NO4/c1-3-31-26(30)23(24(28)20-9-5-4-6-10-20)17-27-25(29)22-12-8-7-11-21(22)19-15-13-18(2)14-16-19/h4-16,23-24,28H,3,17H2,1-2H3,(H,27,29)/t23-,24-/m1/s1. The zero-order chi connectivity index (χ0) is 22.2. The van der Waals surface area contributed by atoms with Crippen molar-refractivity contribution >= 4 is 11.9 Å². The number of hydrogen-bond acceptors (Lipinski definition) is 4. The van der Waals surface area contributed by atoms with Crippen LogP contribution in [0.5, 0.6) is 0 Å². The maximum Gasteiger partial charge on any atom is 0.313 e. The van der Waals surface area contributed by atoms with Crippen LogP contribution >= 0.6 is 0 Å². The minimum Gasteiger partial charge on any atom is -0.466 e. The Bertz CT molecular complexity index is 1020. The van der Waals surface area contributed by atoms with Crippen LogP contribution in [0.15, 0.2) is 78.9 Å². The Kier molecular flexibility index (Phi) is 7.57. The molecule has 0 aliphatic heterocycles. The van der Waals surface area contributed by atoms with Crippen molar-refractivity contribution in [2.24, 2.45) is 5.92 Å². The number of ether oxygens (including phenoxy) is 1. The molecule has 3 rings (SSSR count). The zero-order valence-electron chi connectivity index (χ0n) is 17.7. The maximum atomic E-state index is 13.0. The lowest BCUT2D eigenvalue weighted by molar-refractivity contribution is -0.151. The Morgan fingerprint density at radius 2 is 1.58 bits per heavy atom. The van der Waals surface area contributed by atoms with Crippen LogP contribution in [0.4, 0.5) is 0 Å². The third-order valence-corrected chi connectivity index (χ3v) is 5.13. The molecule has 2 atom stereocenters. The number of amides is 1. The smallest absolute Gasteiger partial charge is 0.313 e. The average Bonchev–Trinajstić information content (AvgIpc) is 2.80. The summed E-state index contributed by atoms with van der Waals surface area (Å²) in [6.07, 6.45) is -1.09. The average molecular weight is 418 g/mol. The molecule has 0 saturated carbocycles. The summed E-state index contributed by atoms with van der Waals surface area (Å²) >= 11 is 0. The highest BCUT2D eigenvalue weighted by molar-refractivity contribution is 6.01. The third-order valence-electron chi connectivity index (χ3n) is 5.13. The van der Waals surface area contributed by atoms with Crippen LogP contribution in [0.1, 0.15) is 34.5 Å². The van der Waals surface area contributed by atoms with Gasteiger partial charge in [-0.2, -0.15) is 0 Å². The van der Waals surface area contributed by atoms with Gasteiger partial charge in [0.25, 0.3) is 5.91 Å². The number of carbonyl (C=O) groups is 2. The zero-order valence-corrected chi connectivity index (χ0v) is 17.7. The number of hydrogen-bond donors (Lipinski definition) is 2. The molecular weight excluding hydrogens is 390 g/mol. The van der Waals surface area contributed by atoms with E-state index in [4.69, 9.17) is 4.74 Å². The van der Waals surface area contributed by atoms with Crippen LogP contribution in [0.2, 0.25) is 0 Å². The lowest BCUT2D eigenvalue weighted by Crippen LogP contribution is -2.37. The van der Waals surface area contributed by atoms with Gasteiger partial charge in [0.2, 0.25) is 0 Å².